The summed E-state index contributed by atoms with van der Waals surface area (Å²) >= 11 is 0. The van der Waals surface area contributed by atoms with E-state index in [0.717, 1.165) is 19.0 Å². The zero-order chi connectivity index (χ0) is 13.5. The SMILES string of the molecule is CN1CCC(CCNCc2cccc(CN)c2)CC1. The van der Waals surface area contributed by atoms with Crippen molar-refractivity contribution in [1.82, 2.24) is 10.2 Å². The normalized spacial score (nSPS) is 17.8. The van der Waals surface area contributed by atoms with Crippen LogP contribution in [0.3, 0.4) is 0 Å². The van der Waals surface area contributed by atoms with Crippen LogP contribution in [0.2, 0.25) is 0 Å². The molecule has 1 heterocycles. The lowest BCUT2D eigenvalue weighted by atomic mass is 9.94. The highest BCUT2D eigenvalue weighted by Crippen LogP contribution is 2.18. The molecule has 0 amide bonds. The van der Waals surface area contributed by atoms with E-state index in [4.69, 9.17) is 5.73 Å². The number of likely N-dealkylation sites (tertiary alicyclic amines) is 1. The highest BCUT2D eigenvalue weighted by molar-refractivity contribution is 5.23. The van der Waals surface area contributed by atoms with E-state index in [1.165, 1.54) is 43.5 Å². The standard InChI is InChI=1S/C16H27N3/c1-19-9-6-14(7-10-19)5-8-18-13-16-4-2-3-15(11-16)12-17/h2-4,11,14,18H,5-10,12-13,17H2,1H3. The summed E-state index contributed by atoms with van der Waals surface area (Å²) in [6.07, 6.45) is 4.03. The lowest BCUT2D eigenvalue weighted by molar-refractivity contribution is 0.211. The molecule has 1 aromatic rings. The van der Waals surface area contributed by atoms with Crippen molar-refractivity contribution in [2.45, 2.75) is 32.4 Å². The van der Waals surface area contributed by atoms with Crippen molar-refractivity contribution in [3.63, 3.8) is 0 Å². The predicted octanol–water partition coefficient (Wildman–Crippen LogP) is 1.97. The molecular weight excluding hydrogens is 234 g/mol. The molecule has 1 aromatic carbocycles. The van der Waals surface area contributed by atoms with Crippen LogP contribution in [0.5, 0.6) is 0 Å². The van der Waals surface area contributed by atoms with Gasteiger partial charge < -0.3 is 16.0 Å². The van der Waals surface area contributed by atoms with Crippen molar-refractivity contribution >= 4 is 0 Å². The number of nitrogens with one attached hydrogen (secondary N) is 1. The first-order chi connectivity index (χ1) is 9.28. The Morgan fingerprint density at radius 3 is 2.74 bits per heavy atom. The Balaban J connectivity index is 1.63. The third-order valence-electron chi connectivity index (χ3n) is 4.12. The first-order valence-electron chi connectivity index (χ1n) is 7.45. The largest absolute Gasteiger partial charge is 0.326 e. The van der Waals surface area contributed by atoms with Gasteiger partial charge in [-0.2, -0.15) is 0 Å². The Labute approximate surface area is 117 Å². The van der Waals surface area contributed by atoms with E-state index >= 15 is 0 Å². The van der Waals surface area contributed by atoms with Gasteiger partial charge in [-0.15, -0.1) is 0 Å². The number of hydrogen-bond donors (Lipinski definition) is 2. The molecular formula is C16H27N3. The summed E-state index contributed by atoms with van der Waals surface area (Å²) in [7, 11) is 2.22. The molecule has 3 N–H and O–H groups in total. The van der Waals surface area contributed by atoms with E-state index in [2.05, 4.69) is 41.5 Å². The fraction of sp³-hybridized carbons (Fsp3) is 0.625. The summed E-state index contributed by atoms with van der Waals surface area (Å²) in [5, 5.41) is 3.56. The van der Waals surface area contributed by atoms with E-state index in [-0.39, 0.29) is 0 Å². The number of rotatable bonds is 6. The van der Waals surface area contributed by atoms with Gasteiger partial charge in [0, 0.05) is 13.1 Å². The van der Waals surface area contributed by atoms with Crippen LogP contribution in [0.15, 0.2) is 24.3 Å². The van der Waals surface area contributed by atoms with Gasteiger partial charge in [0.1, 0.15) is 0 Å². The van der Waals surface area contributed by atoms with Crippen molar-refractivity contribution in [2.24, 2.45) is 11.7 Å². The van der Waals surface area contributed by atoms with Crippen molar-refractivity contribution < 1.29 is 0 Å². The lowest BCUT2D eigenvalue weighted by Crippen LogP contribution is -2.31. The van der Waals surface area contributed by atoms with E-state index in [1.54, 1.807) is 0 Å². The van der Waals surface area contributed by atoms with Gasteiger partial charge in [0.2, 0.25) is 0 Å². The maximum Gasteiger partial charge on any atom is 0.0205 e. The van der Waals surface area contributed by atoms with E-state index in [9.17, 15) is 0 Å². The van der Waals surface area contributed by atoms with Gasteiger partial charge in [-0.1, -0.05) is 24.3 Å². The molecule has 0 atom stereocenters. The minimum Gasteiger partial charge on any atom is -0.326 e. The summed E-state index contributed by atoms with van der Waals surface area (Å²) in [4.78, 5) is 2.43. The average molecular weight is 261 g/mol. The minimum atomic E-state index is 0.628. The van der Waals surface area contributed by atoms with Crippen LogP contribution in [0, 0.1) is 5.92 Å². The van der Waals surface area contributed by atoms with Crippen LogP contribution in [0.4, 0.5) is 0 Å². The predicted molar refractivity (Wildman–Crippen MR) is 80.9 cm³/mol. The number of nitrogens with two attached hydrogens (primary N) is 1. The first-order valence-corrected chi connectivity index (χ1v) is 7.45. The van der Waals surface area contributed by atoms with Gasteiger partial charge in [0.05, 0.1) is 0 Å². The Morgan fingerprint density at radius 2 is 2.00 bits per heavy atom. The highest BCUT2D eigenvalue weighted by atomic mass is 15.1. The summed E-state index contributed by atoms with van der Waals surface area (Å²) in [6, 6.07) is 8.54. The molecule has 1 aliphatic rings. The molecule has 0 saturated carbocycles. The van der Waals surface area contributed by atoms with Crippen molar-refractivity contribution in [1.29, 1.82) is 0 Å². The van der Waals surface area contributed by atoms with Gasteiger partial charge in [-0.3, -0.25) is 0 Å². The molecule has 1 fully saturated rings. The topological polar surface area (TPSA) is 41.3 Å². The molecule has 2 rings (SSSR count). The minimum absolute atomic E-state index is 0.628. The molecule has 3 nitrogen and oxygen atoms in total. The number of benzene rings is 1. The molecule has 0 aliphatic carbocycles. The van der Waals surface area contributed by atoms with Crippen LogP contribution < -0.4 is 11.1 Å². The molecule has 0 unspecified atom stereocenters. The smallest absolute Gasteiger partial charge is 0.0205 e. The molecule has 1 aliphatic heterocycles. The summed E-state index contributed by atoms with van der Waals surface area (Å²) < 4.78 is 0. The Kier molecular flexibility index (Phi) is 5.83. The summed E-state index contributed by atoms with van der Waals surface area (Å²) in [6.45, 7) is 5.25. The van der Waals surface area contributed by atoms with Gasteiger partial charge in [0.15, 0.2) is 0 Å². The van der Waals surface area contributed by atoms with Gasteiger partial charge in [-0.25, -0.2) is 0 Å². The van der Waals surface area contributed by atoms with E-state index in [0.29, 0.717) is 6.54 Å². The Hall–Kier alpha value is -0.900. The van der Waals surface area contributed by atoms with Gasteiger partial charge in [0.25, 0.3) is 0 Å². The third-order valence-corrected chi connectivity index (χ3v) is 4.12. The third kappa shape index (κ3) is 4.94. The molecule has 0 radical (unpaired) electrons. The highest BCUT2D eigenvalue weighted by Gasteiger charge is 2.15. The Morgan fingerprint density at radius 1 is 1.26 bits per heavy atom. The summed E-state index contributed by atoms with van der Waals surface area (Å²) in [5.74, 6) is 0.916. The zero-order valence-electron chi connectivity index (χ0n) is 12.1. The molecule has 0 aromatic heterocycles. The second-order valence-electron chi connectivity index (χ2n) is 5.74. The number of hydrogen-bond acceptors (Lipinski definition) is 3. The van der Waals surface area contributed by atoms with Crippen LogP contribution in [-0.2, 0) is 13.1 Å². The second-order valence-corrected chi connectivity index (χ2v) is 5.74. The number of piperidine rings is 1. The monoisotopic (exact) mass is 261 g/mol. The fourth-order valence-electron chi connectivity index (χ4n) is 2.76. The quantitative estimate of drug-likeness (QED) is 0.769. The molecule has 106 valence electrons. The lowest BCUT2D eigenvalue weighted by Gasteiger charge is -2.28. The van der Waals surface area contributed by atoms with Crippen molar-refractivity contribution in [3.05, 3.63) is 35.4 Å². The molecule has 0 spiro atoms. The van der Waals surface area contributed by atoms with Gasteiger partial charge in [-0.05, 0) is 63.0 Å². The van der Waals surface area contributed by atoms with Crippen molar-refractivity contribution in [2.75, 3.05) is 26.7 Å². The van der Waals surface area contributed by atoms with E-state index in [1.807, 2.05) is 0 Å². The summed E-state index contributed by atoms with van der Waals surface area (Å²) in [5.41, 5.74) is 8.21. The second kappa shape index (κ2) is 7.63. The molecule has 0 bridgehead atoms. The number of nitrogens with zero attached hydrogens (tertiary/aromatic N) is 1. The molecule has 1 saturated heterocycles. The molecule has 3 heteroatoms. The Bertz CT molecular complexity index is 370. The van der Waals surface area contributed by atoms with E-state index < -0.39 is 0 Å². The van der Waals surface area contributed by atoms with Crippen LogP contribution in [0.25, 0.3) is 0 Å². The van der Waals surface area contributed by atoms with Crippen LogP contribution in [0.1, 0.15) is 30.4 Å². The van der Waals surface area contributed by atoms with Crippen LogP contribution in [-0.4, -0.2) is 31.6 Å². The van der Waals surface area contributed by atoms with Crippen molar-refractivity contribution in [3.8, 4) is 0 Å². The maximum absolute atomic E-state index is 5.66. The van der Waals surface area contributed by atoms with Crippen LogP contribution >= 0.6 is 0 Å². The zero-order valence-corrected chi connectivity index (χ0v) is 12.1. The first kappa shape index (κ1) is 14.5. The average Bonchev–Trinajstić information content (AvgIpc) is 2.46. The van der Waals surface area contributed by atoms with Gasteiger partial charge >= 0.3 is 0 Å². The maximum atomic E-state index is 5.66. The molecule has 19 heavy (non-hydrogen) atoms. The fourth-order valence-corrected chi connectivity index (χ4v) is 2.76.